The predicted octanol–water partition coefficient (Wildman–Crippen LogP) is 4.51. The number of anilines is 1. The minimum atomic E-state index is -0.102. The third-order valence-electron chi connectivity index (χ3n) is 3.49. The fourth-order valence-electron chi connectivity index (χ4n) is 2.56. The van der Waals surface area contributed by atoms with E-state index in [1.54, 1.807) is 6.07 Å². The van der Waals surface area contributed by atoms with E-state index in [1.807, 2.05) is 12.1 Å². The molecule has 114 valence electrons. The fourth-order valence-corrected chi connectivity index (χ4v) is 2.56. The van der Waals surface area contributed by atoms with Crippen LogP contribution in [0.3, 0.4) is 0 Å². The number of hydrogen-bond acceptors (Lipinski definition) is 2. The number of para-hydroxylation sites is 1. The summed E-state index contributed by atoms with van der Waals surface area (Å²) in [5, 5.41) is 3.46. The summed E-state index contributed by atoms with van der Waals surface area (Å²) in [6, 6.07) is 5.61. The SMILES string of the molecule is CCCNC(C)c1cccc(F)c1N(CCC)CCC. The smallest absolute Gasteiger partial charge is 0.146 e. The lowest BCUT2D eigenvalue weighted by molar-refractivity contribution is 0.556. The molecule has 0 bridgehead atoms. The van der Waals surface area contributed by atoms with Gasteiger partial charge in [0.1, 0.15) is 5.82 Å². The third kappa shape index (κ3) is 4.48. The average molecular weight is 280 g/mol. The first-order chi connectivity index (χ1) is 9.65. The first kappa shape index (κ1) is 17.0. The standard InChI is InChI=1S/C17H29FN2/c1-5-11-19-14(4)15-9-8-10-16(18)17(15)20(12-6-2)13-7-3/h8-10,14,19H,5-7,11-13H2,1-4H3. The van der Waals surface area contributed by atoms with Crippen molar-refractivity contribution in [2.24, 2.45) is 0 Å². The molecule has 0 saturated carbocycles. The van der Waals surface area contributed by atoms with Crippen LogP contribution in [-0.2, 0) is 0 Å². The Morgan fingerprint density at radius 2 is 1.75 bits per heavy atom. The second-order valence-corrected chi connectivity index (χ2v) is 5.34. The molecule has 0 aliphatic rings. The molecule has 0 fully saturated rings. The average Bonchev–Trinajstić information content (AvgIpc) is 2.44. The lowest BCUT2D eigenvalue weighted by Gasteiger charge is -2.29. The van der Waals surface area contributed by atoms with Crippen LogP contribution in [0.5, 0.6) is 0 Å². The van der Waals surface area contributed by atoms with Crippen molar-refractivity contribution >= 4 is 5.69 Å². The molecule has 0 saturated heterocycles. The van der Waals surface area contributed by atoms with Crippen molar-refractivity contribution in [3.63, 3.8) is 0 Å². The summed E-state index contributed by atoms with van der Waals surface area (Å²) in [4.78, 5) is 2.19. The first-order valence-corrected chi connectivity index (χ1v) is 7.92. The Kier molecular flexibility index (Phi) is 7.60. The molecule has 2 nitrogen and oxygen atoms in total. The zero-order chi connectivity index (χ0) is 15.0. The molecule has 1 rings (SSSR count). The van der Waals surface area contributed by atoms with Crippen LogP contribution in [0.15, 0.2) is 18.2 Å². The van der Waals surface area contributed by atoms with Crippen molar-refractivity contribution < 1.29 is 4.39 Å². The molecule has 1 aromatic rings. The number of nitrogens with one attached hydrogen (secondary N) is 1. The molecule has 3 heteroatoms. The van der Waals surface area contributed by atoms with E-state index >= 15 is 0 Å². The Labute approximate surface area is 123 Å². The quantitative estimate of drug-likeness (QED) is 0.716. The normalized spacial score (nSPS) is 12.4. The molecule has 0 radical (unpaired) electrons. The van der Waals surface area contributed by atoms with Gasteiger partial charge in [-0.2, -0.15) is 0 Å². The van der Waals surface area contributed by atoms with Crippen LogP contribution in [0.1, 0.15) is 58.6 Å². The Hall–Kier alpha value is -1.09. The molecule has 0 aliphatic carbocycles. The Morgan fingerprint density at radius 1 is 1.10 bits per heavy atom. The molecule has 1 N–H and O–H groups in total. The van der Waals surface area contributed by atoms with E-state index in [0.29, 0.717) is 0 Å². The lowest BCUT2D eigenvalue weighted by atomic mass is 10.0. The van der Waals surface area contributed by atoms with Gasteiger partial charge in [0.05, 0.1) is 5.69 Å². The van der Waals surface area contributed by atoms with Crippen molar-refractivity contribution in [3.8, 4) is 0 Å². The summed E-state index contributed by atoms with van der Waals surface area (Å²) >= 11 is 0. The van der Waals surface area contributed by atoms with Crippen molar-refractivity contribution in [2.75, 3.05) is 24.5 Å². The van der Waals surface area contributed by atoms with Crippen LogP contribution in [0.25, 0.3) is 0 Å². The largest absolute Gasteiger partial charge is 0.369 e. The molecule has 1 aromatic carbocycles. The predicted molar refractivity (Wildman–Crippen MR) is 85.9 cm³/mol. The van der Waals surface area contributed by atoms with Crippen molar-refractivity contribution in [1.29, 1.82) is 0 Å². The molecule has 0 aliphatic heterocycles. The summed E-state index contributed by atoms with van der Waals surface area (Å²) < 4.78 is 14.4. The Morgan fingerprint density at radius 3 is 2.30 bits per heavy atom. The number of nitrogens with zero attached hydrogens (tertiary/aromatic N) is 1. The van der Waals surface area contributed by atoms with Gasteiger partial charge in [0, 0.05) is 19.1 Å². The molecule has 0 aromatic heterocycles. The van der Waals surface area contributed by atoms with Crippen LogP contribution in [0.4, 0.5) is 10.1 Å². The van der Waals surface area contributed by atoms with Gasteiger partial charge in [0.25, 0.3) is 0 Å². The Balaban J connectivity index is 3.07. The number of halogens is 1. The van der Waals surface area contributed by atoms with Gasteiger partial charge in [-0.1, -0.05) is 32.9 Å². The van der Waals surface area contributed by atoms with E-state index in [1.165, 1.54) is 0 Å². The molecule has 20 heavy (non-hydrogen) atoms. The lowest BCUT2D eigenvalue weighted by Crippen LogP contribution is -2.29. The molecule has 0 heterocycles. The molecule has 0 amide bonds. The third-order valence-corrected chi connectivity index (χ3v) is 3.49. The molecular weight excluding hydrogens is 251 g/mol. The maximum Gasteiger partial charge on any atom is 0.146 e. The van der Waals surface area contributed by atoms with Crippen LogP contribution >= 0.6 is 0 Å². The number of benzene rings is 1. The highest BCUT2D eigenvalue weighted by Gasteiger charge is 2.18. The zero-order valence-corrected chi connectivity index (χ0v) is 13.4. The fraction of sp³-hybridized carbons (Fsp3) is 0.647. The van der Waals surface area contributed by atoms with E-state index in [2.05, 4.69) is 37.9 Å². The van der Waals surface area contributed by atoms with Gasteiger partial charge >= 0.3 is 0 Å². The van der Waals surface area contributed by atoms with Gasteiger partial charge in [0.15, 0.2) is 0 Å². The minimum absolute atomic E-state index is 0.102. The van der Waals surface area contributed by atoms with Gasteiger partial charge in [-0.05, 0) is 44.4 Å². The molecule has 0 spiro atoms. The van der Waals surface area contributed by atoms with Crippen LogP contribution < -0.4 is 10.2 Å². The number of hydrogen-bond donors (Lipinski definition) is 1. The van der Waals surface area contributed by atoms with E-state index in [0.717, 1.165) is 50.1 Å². The van der Waals surface area contributed by atoms with Crippen LogP contribution in [-0.4, -0.2) is 19.6 Å². The van der Waals surface area contributed by atoms with Crippen molar-refractivity contribution in [2.45, 2.75) is 53.0 Å². The second kappa shape index (κ2) is 8.96. The van der Waals surface area contributed by atoms with Gasteiger partial charge in [-0.3, -0.25) is 0 Å². The monoisotopic (exact) mass is 280 g/mol. The van der Waals surface area contributed by atoms with Gasteiger partial charge < -0.3 is 10.2 Å². The molecule has 1 atom stereocenters. The topological polar surface area (TPSA) is 15.3 Å². The Bertz CT molecular complexity index is 387. The summed E-state index contributed by atoms with van der Waals surface area (Å²) in [6.45, 7) is 11.3. The van der Waals surface area contributed by atoms with Crippen LogP contribution in [0, 0.1) is 5.82 Å². The number of rotatable bonds is 9. The van der Waals surface area contributed by atoms with E-state index in [9.17, 15) is 4.39 Å². The van der Waals surface area contributed by atoms with Crippen LogP contribution in [0.2, 0.25) is 0 Å². The summed E-state index contributed by atoms with van der Waals surface area (Å²) in [7, 11) is 0. The maximum atomic E-state index is 14.4. The van der Waals surface area contributed by atoms with Crippen molar-refractivity contribution in [1.82, 2.24) is 5.32 Å². The highest BCUT2D eigenvalue weighted by molar-refractivity contribution is 5.56. The van der Waals surface area contributed by atoms with Gasteiger partial charge in [-0.25, -0.2) is 4.39 Å². The van der Waals surface area contributed by atoms with E-state index < -0.39 is 0 Å². The minimum Gasteiger partial charge on any atom is -0.369 e. The maximum absolute atomic E-state index is 14.4. The summed E-state index contributed by atoms with van der Waals surface area (Å²) in [6.07, 6.45) is 3.15. The highest BCUT2D eigenvalue weighted by atomic mass is 19.1. The summed E-state index contributed by atoms with van der Waals surface area (Å²) in [5.74, 6) is -0.102. The zero-order valence-electron chi connectivity index (χ0n) is 13.4. The van der Waals surface area contributed by atoms with E-state index in [4.69, 9.17) is 0 Å². The van der Waals surface area contributed by atoms with E-state index in [-0.39, 0.29) is 11.9 Å². The first-order valence-electron chi connectivity index (χ1n) is 7.92. The summed E-state index contributed by atoms with van der Waals surface area (Å²) in [5.41, 5.74) is 1.85. The molecule has 1 unspecified atom stereocenters. The van der Waals surface area contributed by atoms with Gasteiger partial charge in [-0.15, -0.1) is 0 Å². The second-order valence-electron chi connectivity index (χ2n) is 5.34. The molecular formula is C17H29FN2. The highest BCUT2D eigenvalue weighted by Crippen LogP contribution is 2.29. The van der Waals surface area contributed by atoms with Gasteiger partial charge in [0.2, 0.25) is 0 Å². The van der Waals surface area contributed by atoms with Crippen molar-refractivity contribution in [3.05, 3.63) is 29.6 Å².